The lowest BCUT2D eigenvalue weighted by Crippen LogP contribution is -2.27. The van der Waals surface area contributed by atoms with Crippen LogP contribution in [-0.4, -0.2) is 63.2 Å². The third-order valence-electron chi connectivity index (χ3n) is 5.85. The molecule has 3 aromatic heterocycles. The number of rotatable bonds is 7. The van der Waals surface area contributed by atoms with E-state index in [1.807, 2.05) is 24.8 Å². The van der Waals surface area contributed by atoms with E-state index in [-0.39, 0.29) is 12.4 Å². The Bertz CT molecular complexity index is 1390. The average Bonchev–Trinajstić information content (AvgIpc) is 3.52. The van der Waals surface area contributed by atoms with Crippen LogP contribution < -0.4 is 14.8 Å². The minimum Gasteiger partial charge on any atom is -0.493 e. The van der Waals surface area contributed by atoms with Gasteiger partial charge in [0.25, 0.3) is 0 Å². The smallest absolute Gasteiger partial charge is 0.414 e. The van der Waals surface area contributed by atoms with E-state index in [1.165, 1.54) is 12.3 Å². The molecule has 5 rings (SSSR count). The maximum absolute atomic E-state index is 14.4. The number of amides is 1. The van der Waals surface area contributed by atoms with E-state index < -0.39 is 11.9 Å². The Labute approximate surface area is 200 Å². The number of nitrogens with zero attached hydrogens (tertiary/aromatic N) is 6. The van der Waals surface area contributed by atoms with Crippen molar-refractivity contribution in [3.63, 3.8) is 0 Å². The molecule has 0 unspecified atom stereocenters. The molecule has 4 heterocycles. The first-order valence-electron chi connectivity index (χ1n) is 11.2. The number of hydrogen-bond acceptors (Lipinski definition) is 8. The van der Waals surface area contributed by atoms with Gasteiger partial charge in [0.1, 0.15) is 11.6 Å². The molecule has 180 valence electrons. The van der Waals surface area contributed by atoms with Gasteiger partial charge in [0.05, 0.1) is 36.6 Å². The Morgan fingerprint density at radius 3 is 2.86 bits per heavy atom. The van der Waals surface area contributed by atoms with E-state index in [0.717, 1.165) is 23.4 Å². The van der Waals surface area contributed by atoms with Crippen molar-refractivity contribution in [2.75, 3.05) is 27.2 Å². The maximum Gasteiger partial charge on any atom is 0.414 e. The summed E-state index contributed by atoms with van der Waals surface area (Å²) in [6.45, 7) is 1.98. The van der Waals surface area contributed by atoms with Crippen molar-refractivity contribution in [1.29, 1.82) is 0 Å². The summed E-state index contributed by atoms with van der Waals surface area (Å²) in [5.41, 5.74) is 2.81. The molecule has 10 nitrogen and oxygen atoms in total. The molecule has 0 saturated heterocycles. The van der Waals surface area contributed by atoms with Crippen LogP contribution in [0, 0.1) is 5.82 Å². The number of pyridine rings is 1. The van der Waals surface area contributed by atoms with Crippen molar-refractivity contribution in [2.45, 2.75) is 19.5 Å². The highest BCUT2D eigenvalue weighted by Crippen LogP contribution is 2.32. The van der Waals surface area contributed by atoms with Crippen LogP contribution in [0.3, 0.4) is 0 Å². The summed E-state index contributed by atoms with van der Waals surface area (Å²) >= 11 is 0. The zero-order chi connectivity index (χ0) is 24.4. The third-order valence-corrected chi connectivity index (χ3v) is 5.85. The molecule has 1 aliphatic rings. The van der Waals surface area contributed by atoms with Gasteiger partial charge in [0, 0.05) is 54.0 Å². The summed E-state index contributed by atoms with van der Waals surface area (Å²) in [4.78, 5) is 19.0. The first-order chi connectivity index (χ1) is 17.0. The molecule has 0 fully saturated rings. The van der Waals surface area contributed by atoms with Crippen molar-refractivity contribution < 1.29 is 18.7 Å². The fourth-order valence-corrected chi connectivity index (χ4v) is 4.08. The molecule has 1 amide bonds. The quantitative estimate of drug-likeness (QED) is 0.433. The molecule has 0 spiro atoms. The van der Waals surface area contributed by atoms with Crippen molar-refractivity contribution >= 4 is 16.9 Å². The lowest BCUT2D eigenvalue weighted by Gasteiger charge is -2.14. The topological polar surface area (TPSA) is 107 Å². The zero-order valence-electron chi connectivity index (χ0n) is 19.4. The van der Waals surface area contributed by atoms with E-state index in [0.29, 0.717) is 41.7 Å². The van der Waals surface area contributed by atoms with E-state index in [1.54, 1.807) is 24.7 Å². The summed E-state index contributed by atoms with van der Waals surface area (Å²) in [6.07, 6.45) is 6.29. The van der Waals surface area contributed by atoms with E-state index in [2.05, 4.69) is 30.5 Å². The molecule has 0 radical (unpaired) electrons. The minimum atomic E-state index is -0.754. The molecule has 0 saturated carbocycles. The second-order valence-corrected chi connectivity index (χ2v) is 8.38. The van der Waals surface area contributed by atoms with Gasteiger partial charge >= 0.3 is 6.09 Å². The molecular weight excluding hydrogens is 453 g/mol. The maximum atomic E-state index is 14.4. The number of carbonyl (C=O) groups is 1. The van der Waals surface area contributed by atoms with Gasteiger partial charge < -0.3 is 19.7 Å². The number of fused-ring (bicyclic) bond motifs is 2. The van der Waals surface area contributed by atoms with Crippen molar-refractivity contribution in [1.82, 2.24) is 35.2 Å². The minimum absolute atomic E-state index is 0.0297. The van der Waals surface area contributed by atoms with Crippen LogP contribution >= 0.6 is 0 Å². The van der Waals surface area contributed by atoms with Gasteiger partial charge in [-0.05, 0) is 32.3 Å². The lowest BCUT2D eigenvalue weighted by atomic mass is 10.0. The van der Waals surface area contributed by atoms with Gasteiger partial charge in [-0.2, -0.15) is 15.3 Å². The molecule has 11 heteroatoms. The molecule has 1 aliphatic heterocycles. The van der Waals surface area contributed by atoms with Crippen molar-refractivity contribution in [2.24, 2.45) is 0 Å². The summed E-state index contributed by atoms with van der Waals surface area (Å²) < 4.78 is 27.2. The number of aromatic nitrogens is 5. The summed E-state index contributed by atoms with van der Waals surface area (Å²) in [6, 6.07) is 4.84. The Balaban J connectivity index is 1.37. The van der Waals surface area contributed by atoms with E-state index in [9.17, 15) is 9.18 Å². The zero-order valence-corrected chi connectivity index (χ0v) is 19.4. The predicted octanol–water partition coefficient (Wildman–Crippen LogP) is 2.81. The average molecular weight is 478 g/mol. The van der Waals surface area contributed by atoms with Crippen LogP contribution in [0.5, 0.6) is 11.6 Å². The number of carbonyl (C=O) groups excluding carboxylic acids is 1. The first-order valence-corrected chi connectivity index (χ1v) is 11.2. The highest BCUT2D eigenvalue weighted by atomic mass is 19.1. The molecule has 1 aromatic carbocycles. The van der Waals surface area contributed by atoms with Gasteiger partial charge in [0.2, 0.25) is 5.88 Å². The number of nitrogens with one attached hydrogen (secondary N) is 1. The lowest BCUT2D eigenvalue weighted by molar-refractivity contribution is 0.198. The highest BCUT2D eigenvalue weighted by molar-refractivity contribution is 5.97. The molecule has 35 heavy (non-hydrogen) atoms. The molecule has 0 aliphatic carbocycles. The normalized spacial score (nSPS) is 12.6. The Hall–Kier alpha value is -4.12. The fraction of sp³-hybridized carbons (Fsp3) is 0.292. The first kappa shape index (κ1) is 22.7. The van der Waals surface area contributed by atoms with Gasteiger partial charge in [-0.3, -0.25) is 4.68 Å². The van der Waals surface area contributed by atoms with Gasteiger partial charge in [-0.1, -0.05) is 0 Å². The Morgan fingerprint density at radius 1 is 1.20 bits per heavy atom. The number of hydrogen-bond donors (Lipinski definition) is 1. The SMILES string of the molecule is CN(C)CCn1nccc1-c1cnc(OC(=O)NCc2c(F)ccc3c2CCO3)c2cnncc12. The van der Waals surface area contributed by atoms with Crippen LogP contribution in [0.15, 0.2) is 43.0 Å². The molecular formula is C24H24FN7O3. The van der Waals surface area contributed by atoms with Gasteiger partial charge in [0.15, 0.2) is 0 Å². The molecule has 1 N–H and O–H groups in total. The summed E-state index contributed by atoms with van der Waals surface area (Å²) in [7, 11) is 4.00. The number of ether oxygens (including phenoxy) is 2. The van der Waals surface area contributed by atoms with Crippen molar-refractivity contribution in [3.8, 4) is 22.9 Å². The van der Waals surface area contributed by atoms with Gasteiger partial charge in [-0.15, -0.1) is 0 Å². The third kappa shape index (κ3) is 4.62. The second kappa shape index (κ2) is 9.63. The van der Waals surface area contributed by atoms with Crippen molar-refractivity contribution in [3.05, 3.63) is 59.9 Å². The molecule has 4 aromatic rings. The highest BCUT2D eigenvalue weighted by Gasteiger charge is 2.21. The summed E-state index contributed by atoms with van der Waals surface area (Å²) in [5.74, 6) is 0.324. The summed E-state index contributed by atoms with van der Waals surface area (Å²) in [5, 5.41) is 16.2. The monoisotopic (exact) mass is 477 g/mol. The largest absolute Gasteiger partial charge is 0.493 e. The number of halogens is 1. The van der Waals surface area contributed by atoms with E-state index >= 15 is 0 Å². The second-order valence-electron chi connectivity index (χ2n) is 8.38. The Kier molecular flexibility index (Phi) is 6.23. The standard InChI is InChI=1S/C24H24FN7O3/c1-31(2)8-9-32-21(5-7-30-32)18-12-26-23(19-14-29-28-13-16(18)19)35-24(33)27-11-17-15-6-10-34-22(15)4-3-20(17)25/h3-5,7,12-14H,6,8-11H2,1-2H3,(H,27,33). The van der Waals surface area contributed by atoms with E-state index in [4.69, 9.17) is 9.47 Å². The van der Waals surface area contributed by atoms with Gasteiger partial charge in [-0.25, -0.2) is 14.2 Å². The number of likely N-dealkylation sites (N-methyl/N-ethyl adjacent to an activating group) is 1. The predicted molar refractivity (Wildman–Crippen MR) is 126 cm³/mol. The molecule has 0 atom stereocenters. The van der Waals surface area contributed by atoms with Crippen LogP contribution in [0.4, 0.5) is 9.18 Å². The molecule has 0 bridgehead atoms. The fourth-order valence-electron chi connectivity index (χ4n) is 4.08. The van der Waals surface area contributed by atoms with Crippen LogP contribution in [0.2, 0.25) is 0 Å². The Morgan fingerprint density at radius 2 is 2.03 bits per heavy atom. The van der Waals surface area contributed by atoms with Crippen LogP contribution in [0.25, 0.3) is 22.0 Å². The van der Waals surface area contributed by atoms with Crippen LogP contribution in [-0.2, 0) is 19.5 Å². The van der Waals surface area contributed by atoms with Crippen LogP contribution in [0.1, 0.15) is 11.1 Å². The number of benzene rings is 1.